The van der Waals surface area contributed by atoms with E-state index in [1.807, 2.05) is 0 Å². The third-order valence-electron chi connectivity index (χ3n) is 4.61. The van der Waals surface area contributed by atoms with Gasteiger partial charge in [-0.05, 0) is 17.4 Å². The fourth-order valence-electron chi connectivity index (χ4n) is 2.80. The molecule has 104 valence electrons. The summed E-state index contributed by atoms with van der Waals surface area (Å²) in [7, 11) is -1.43. The highest BCUT2D eigenvalue weighted by Crippen LogP contribution is 2.40. The second kappa shape index (κ2) is 4.62. The molecule has 0 heterocycles. The molecule has 19 heavy (non-hydrogen) atoms. The van der Waals surface area contributed by atoms with Gasteiger partial charge in [0, 0.05) is 5.41 Å². The Balaban J connectivity index is 2.19. The molecule has 0 aromatic heterocycles. The molecule has 0 bridgehead atoms. The van der Waals surface area contributed by atoms with E-state index in [1.165, 1.54) is 6.42 Å². The summed E-state index contributed by atoms with van der Waals surface area (Å²) >= 11 is 0. The molecule has 0 nitrogen and oxygen atoms in total. The van der Waals surface area contributed by atoms with Crippen LogP contribution in [0.25, 0.3) is 0 Å². The van der Waals surface area contributed by atoms with Crippen molar-refractivity contribution in [3.8, 4) is 0 Å². The highest BCUT2D eigenvalue weighted by atomic mass is 28.3. The van der Waals surface area contributed by atoms with Gasteiger partial charge in [-0.3, -0.25) is 0 Å². The zero-order chi connectivity index (χ0) is 14.3. The minimum Gasteiger partial charge on any atom is -0.0844 e. The maximum Gasteiger partial charge on any atom is 0.0907 e. The van der Waals surface area contributed by atoms with Gasteiger partial charge in [-0.1, -0.05) is 88.5 Å². The smallest absolute Gasteiger partial charge is 0.0844 e. The van der Waals surface area contributed by atoms with Crippen LogP contribution in [0.2, 0.25) is 18.6 Å². The zero-order valence-electron chi connectivity index (χ0n) is 13.3. The Bertz CT molecular complexity index is 454. The zero-order valence-corrected chi connectivity index (χ0v) is 14.3. The second-order valence-corrected chi connectivity index (χ2v) is 12.7. The lowest BCUT2D eigenvalue weighted by Crippen LogP contribution is -2.35. The maximum absolute atomic E-state index is 2.50. The van der Waals surface area contributed by atoms with E-state index in [4.69, 9.17) is 0 Å². The highest BCUT2D eigenvalue weighted by molar-refractivity contribution is 6.87. The van der Waals surface area contributed by atoms with E-state index < -0.39 is 8.07 Å². The molecule has 0 unspecified atom stereocenters. The normalized spacial score (nSPS) is 25.5. The first-order chi connectivity index (χ1) is 8.62. The molecule has 0 radical (unpaired) electrons. The van der Waals surface area contributed by atoms with Crippen molar-refractivity contribution < 1.29 is 0 Å². The fourth-order valence-corrected chi connectivity index (χ4v) is 5.48. The standard InChI is InChI=1S/C18H28Si/c1-17(2)11-7-15(8-12-17)19(5,6)16-9-13-18(3,4)14-10-16/h7-13,15H,14H2,1-6H3. The summed E-state index contributed by atoms with van der Waals surface area (Å²) in [5.41, 5.74) is 1.21. The Labute approximate surface area is 120 Å². The molecule has 0 amide bonds. The van der Waals surface area contributed by atoms with Gasteiger partial charge < -0.3 is 0 Å². The minimum absolute atomic E-state index is 0.236. The van der Waals surface area contributed by atoms with Crippen molar-refractivity contribution in [3.63, 3.8) is 0 Å². The Morgan fingerprint density at radius 2 is 1.58 bits per heavy atom. The van der Waals surface area contributed by atoms with Crippen LogP contribution < -0.4 is 0 Å². The molecule has 1 heteroatoms. The molecule has 0 fully saturated rings. The number of rotatable bonds is 2. The topological polar surface area (TPSA) is 0 Å². The molecule has 0 aliphatic heterocycles. The van der Waals surface area contributed by atoms with Crippen molar-refractivity contribution in [2.45, 2.75) is 52.8 Å². The van der Waals surface area contributed by atoms with Gasteiger partial charge in [-0.2, -0.15) is 0 Å². The van der Waals surface area contributed by atoms with Gasteiger partial charge >= 0.3 is 0 Å². The lowest BCUT2D eigenvalue weighted by molar-refractivity contribution is 0.483. The van der Waals surface area contributed by atoms with Gasteiger partial charge in [0.2, 0.25) is 0 Å². The van der Waals surface area contributed by atoms with Gasteiger partial charge in [-0.25, -0.2) is 0 Å². The summed E-state index contributed by atoms with van der Waals surface area (Å²) in [6, 6.07) is 0. The molecular weight excluding hydrogens is 244 g/mol. The van der Waals surface area contributed by atoms with Crippen LogP contribution in [0.3, 0.4) is 0 Å². The van der Waals surface area contributed by atoms with Crippen LogP contribution in [0.15, 0.2) is 47.7 Å². The van der Waals surface area contributed by atoms with Crippen molar-refractivity contribution >= 4 is 8.07 Å². The van der Waals surface area contributed by atoms with Gasteiger partial charge in [0.25, 0.3) is 0 Å². The second-order valence-electron chi connectivity index (χ2n) is 7.97. The van der Waals surface area contributed by atoms with E-state index in [1.54, 1.807) is 5.20 Å². The van der Waals surface area contributed by atoms with E-state index in [2.05, 4.69) is 83.3 Å². The highest BCUT2D eigenvalue weighted by Gasteiger charge is 2.34. The van der Waals surface area contributed by atoms with Crippen LogP contribution in [0.5, 0.6) is 0 Å². The van der Waals surface area contributed by atoms with Crippen LogP contribution in [0.1, 0.15) is 34.1 Å². The first-order valence-corrected chi connectivity index (χ1v) is 10.5. The minimum atomic E-state index is -1.43. The van der Waals surface area contributed by atoms with Crippen molar-refractivity contribution in [1.82, 2.24) is 0 Å². The quantitative estimate of drug-likeness (QED) is 0.449. The van der Waals surface area contributed by atoms with Crippen LogP contribution in [0.4, 0.5) is 0 Å². The summed E-state index contributed by atoms with van der Waals surface area (Å²) < 4.78 is 0. The molecule has 2 aliphatic carbocycles. The van der Waals surface area contributed by atoms with Gasteiger partial charge in [0.05, 0.1) is 8.07 Å². The predicted molar refractivity (Wildman–Crippen MR) is 88.9 cm³/mol. The molecule has 0 spiro atoms. The SMILES string of the molecule is CC1(C)C=CC([Si](C)(C)C2=CCC(C)(C)C=C2)C=C1. The van der Waals surface area contributed by atoms with E-state index >= 15 is 0 Å². The first-order valence-electron chi connectivity index (χ1n) is 7.41. The molecule has 0 N–H and O–H groups in total. The van der Waals surface area contributed by atoms with Crippen molar-refractivity contribution in [2.75, 3.05) is 0 Å². The Morgan fingerprint density at radius 1 is 1.00 bits per heavy atom. The van der Waals surface area contributed by atoms with Crippen LogP contribution in [-0.2, 0) is 0 Å². The van der Waals surface area contributed by atoms with E-state index in [0.29, 0.717) is 11.0 Å². The van der Waals surface area contributed by atoms with Crippen LogP contribution in [0, 0.1) is 10.8 Å². The Kier molecular flexibility index (Phi) is 3.55. The fraction of sp³-hybridized carbons (Fsp3) is 0.556. The Hall–Kier alpha value is -0.823. The van der Waals surface area contributed by atoms with E-state index in [-0.39, 0.29) is 5.41 Å². The van der Waals surface area contributed by atoms with Crippen LogP contribution in [-0.4, -0.2) is 8.07 Å². The first kappa shape index (κ1) is 14.6. The lowest BCUT2D eigenvalue weighted by Gasteiger charge is -2.36. The summed E-state index contributed by atoms with van der Waals surface area (Å²) in [5, 5.41) is 1.62. The molecule has 0 saturated heterocycles. The third-order valence-corrected chi connectivity index (χ3v) is 8.52. The number of allylic oxidation sites excluding steroid dienone is 8. The number of hydrogen-bond donors (Lipinski definition) is 0. The molecule has 2 aliphatic rings. The summed E-state index contributed by atoms with van der Waals surface area (Å²) in [6.45, 7) is 14.2. The third kappa shape index (κ3) is 3.20. The molecule has 2 rings (SSSR count). The van der Waals surface area contributed by atoms with Crippen molar-refractivity contribution in [1.29, 1.82) is 0 Å². The maximum atomic E-state index is 2.50. The summed E-state index contributed by atoms with van der Waals surface area (Å²) in [5.74, 6) is 0. The lowest BCUT2D eigenvalue weighted by atomic mass is 9.86. The number of hydrogen-bond acceptors (Lipinski definition) is 0. The largest absolute Gasteiger partial charge is 0.0907 e. The van der Waals surface area contributed by atoms with Crippen molar-refractivity contribution in [2.24, 2.45) is 10.8 Å². The summed E-state index contributed by atoms with van der Waals surface area (Å²) in [4.78, 5) is 0. The molecule has 0 aromatic rings. The van der Waals surface area contributed by atoms with Gasteiger partial charge in [0.15, 0.2) is 0 Å². The molecule has 0 saturated carbocycles. The van der Waals surface area contributed by atoms with Crippen LogP contribution >= 0.6 is 0 Å². The summed E-state index contributed by atoms with van der Waals surface area (Å²) in [6.07, 6.45) is 18.1. The van der Waals surface area contributed by atoms with E-state index in [0.717, 1.165) is 0 Å². The average Bonchev–Trinajstić information content (AvgIpc) is 2.27. The average molecular weight is 273 g/mol. The predicted octanol–water partition coefficient (Wildman–Crippen LogP) is 5.67. The van der Waals surface area contributed by atoms with Gasteiger partial charge in [-0.15, -0.1) is 0 Å². The molecule has 0 aromatic carbocycles. The Morgan fingerprint density at radius 3 is 2.05 bits per heavy atom. The molecule has 0 atom stereocenters. The van der Waals surface area contributed by atoms with E-state index in [9.17, 15) is 0 Å². The van der Waals surface area contributed by atoms with Crippen molar-refractivity contribution in [3.05, 3.63) is 47.7 Å². The molecular formula is C18H28Si. The van der Waals surface area contributed by atoms with Gasteiger partial charge in [0.1, 0.15) is 0 Å². The monoisotopic (exact) mass is 272 g/mol.